The summed E-state index contributed by atoms with van der Waals surface area (Å²) in [5.74, 6) is 0.0701. The molecule has 110 valence electrons. The highest BCUT2D eigenvalue weighted by Crippen LogP contribution is 2.39. The van der Waals surface area contributed by atoms with E-state index in [9.17, 15) is 4.79 Å². The first-order valence-electron chi connectivity index (χ1n) is 6.80. The van der Waals surface area contributed by atoms with Crippen LogP contribution in [0.2, 0.25) is 0 Å². The molecule has 0 saturated heterocycles. The quantitative estimate of drug-likeness (QED) is 0.752. The number of halogens is 1. The molecule has 3 nitrogen and oxygen atoms in total. The summed E-state index contributed by atoms with van der Waals surface area (Å²) in [5, 5.41) is 8.52. The van der Waals surface area contributed by atoms with Crippen molar-refractivity contribution in [3.63, 3.8) is 0 Å². The Hall–Kier alpha value is -0.920. The van der Waals surface area contributed by atoms with Crippen molar-refractivity contribution in [3.8, 4) is 0 Å². The zero-order chi connectivity index (χ0) is 15.2. The number of rotatable bonds is 3. The summed E-state index contributed by atoms with van der Waals surface area (Å²) in [6.07, 6.45) is 0. The summed E-state index contributed by atoms with van der Waals surface area (Å²) in [4.78, 5) is 12.1. The first kappa shape index (κ1) is 15.0. The number of nitrogens with one attached hydrogen (secondary N) is 2. The van der Waals surface area contributed by atoms with Crippen molar-refractivity contribution in [2.45, 2.75) is 25.3 Å². The van der Waals surface area contributed by atoms with Crippen molar-refractivity contribution in [1.29, 1.82) is 0 Å². The van der Waals surface area contributed by atoms with Gasteiger partial charge >= 0.3 is 0 Å². The molecule has 3 rings (SSSR count). The van der Waals surface area contributed by atoms with Crippen LogP contribution in [-0.4, -0.2) is 13.0 Å². The maximum atomic E-state index is 12.1. The molecule has 1 unspecified atom stereocenters. The Kier molecular flexibility index (Phi) is 3.83. The fourth-order valence-corrected chi connectivity index (χ4v) is 4.17. The number of amides is 1. The molecule has 0 saturated carbocycles. The number of thiophene rings is 1. The number of benzene rings is 1. The second-order valence-electron chi connectivity index (χ2n) is 5.79. The zero-order valence-electron chi connectivity index (χ0n) is 12.2. The molecule has 1 amide bonds. The highest BCUT2D eigenvalue weighted by atomic mass is 127. The first-order valence-corrected chi connectivity index (χ1v) is 8.76. The van der Waals surface area contributed by atoms with Crippen LogP contribution < -0.4 is 10.6 Å². The summed E-state index contributed by atoms with van der Waals surface area (Å²) in [5.41, 5.74) is 4.00. The van der Waals surface area contributed by atoms with Crippen LogP contribution in [0.5, 0.6) is 0 Å². The molecule has 2 heterocycles. The van der Waals surface area contributed by atoms with E-state index < -0.39 is 5.41 Å². The summed E-state index contributed by atoms with van der Waals surface area (Å²) in [6, 6.07) is 8.61. The van der Waals surface area contributed by atoms with Gasteiger partial charge < -0.3 is 10.6 Å². The largest absolute Gasteiger partial charge is 0.325 e. The Morgan fingerprint density at radius 2 is 2.05 bits per heavy atom. The standard InChI is InChI=1S/C16H17IN2OS/c1-16(2)11-6-9(4-5-12(11)19-15(16)20)14(18-3)10-7-13(17)21-8-10/h4-8,14,18H,1-3H3,(H,19,20). The van der Waals surface area contributed by atoms with Gasteiger partial charge in [0.1, 0.15) is 0 Å². The molecule has 1 aliphatic heterocycles. The Labute approximate surface area is 142 Å². The van der Waals surface area contributed by atoms with Crippen LogP contribution in [0, 0.1) is 2.88 Å². The minimum absolute atomic E-state index is 0.0701. The average Bonchev–Trinajstić information content (AvgIpc) is 2.95. The highest BCUT2D eigenvalue weighted by Gasteiger charge is 2.38. The van der Waals surface area contributed by atoms with Crippen LogP contribution in [0.1, 0.15) is 36.6 Å². The molecule has 1 aromatic carbocycles. The van der Waals surface area contributed by atoms with Crippen LogP contribution in [0.25, 0.3) is 0 Å². The van der Waals surface area contributed by atoms with Crippen molar-refractivity contribution < 1.29 is 4.79 Å². The molecule has 2 aromatic rings. The molecular formula is C16H17IN2OS. The molecular weight excluding hydrogens is 395 g/mol. The number of carbonyl (C=O) groups is 1. The number of hydrogen-bond acceptors (Lipinski definition) is 3. The minimum atomic E-state index is -0.466. The molecule has 21 heavy (non-hydrogen) atoms. The fourth-order valence-electron chi connectivity index (χ4n) is 2.77. The summed E-state index contributed by atoms with van der Waals surface area (Å²) < 4.78 is 1.28. The number of fused-ring (bicyclic) bond motifs is 1. The molecule has 0 spiro atoms. The van der Waals surface area contributed by atoms with E-state index >= 15 is 0 Å². The van der Waals surface area contributed by atoms with Crippen LogP contribution >= 0.6 is 33.9 Å². The van der Waals surface area contributed by atoms with E-state index in [4.69, 9.17) is 0 Å². The van der Waals surface area contributed by atoms with Gasteiger partial charge in [0.15, 0.2) is 0 Å². The highest BCUT2D eigenvalue weighted by molar-refractivity contribution is 14.1. The Bertz CT molecular complexity index is 708. The topological polar surface area (TPSA) is 41.1 Å². The predicted octanol–water partition coefficient (Wildman–Crippen LogP) is 3.89. The molecule has 5 heteroatoms. The van der Waals surface area contributed by atoms with Crippen molar-refractivity contribution in [2.75, 3.05) is 12.4 Å². The van der Waals surface area contributed by atoms with Crippen molar-refractivity contribution in [1.82, 2.24) is 5.32 Å². The van der Waals surface area contributed by atoms with E-state index in [1.54, 1.807) is 11.3 Å². The Balaban J connectivity index is 2.04. The Morgan fingerprint density at radius 3 is 2.67 bits per heavy atom. The zero-order valence-corrected chi connectivity index (χ0v) is 15.1. The van der Waals surface area contributed by atoms with Gasteiger partial charge in [0.25, 0.3) is 0 Å². The van der Waals surface area contributed by atoms with Crippen molar-refractivity contribution >= 4 is 45.5 Å². The van der Waals surface area contributed by atoms with Gasteiger partial charge in [0.05, 0.1) is 14.3 Å². The maximum absolute atomic E-state index is 12.1. The molecule has 0 bridgehead atoms. The molecule has 1 atom stereocenters. The van der Waals surface area contributed by atoms with E-state index in [2.05, 4.69) is 56.8 Å². The first-order chi connectivity index (χ1) is 9.93. The van der Waals surface area contributed by atoms with Gasteiger partial charge in [-0.15, -0.1) is 11.3 Å². The smallest absolute Gasteiger partial charge is 0.234 e. The minimum Gasteiger partial charge on any atom is -0.325 e. The van der Waals surface area contributed by atoms with E-state index in [0.29, 0.717) is 0 Å². The van der Waals surface area contributed by atoms with Gasteiger partial charge in [-0.3, -0.25) is 4.79 Å². The molecule has 0 radical (unpaired) electrons. The monoisotopic (exact) mass is 412 g/mol. The third kappa shape index (κ3) is 2.51. The molecule has 2 N–H and O–H groups in total. The van der Waals surface area contributed by atoms with Gasteiger partial charge in [0.2, 0.25) is 5.91 Å². The van der Waals surface area contributed by atoms with Gasteiger partial charge in [-0.1, -0.05) is 12.1 Å². The third-order valence-corrected chi connectivity index (χ3v) is 5.88. The Morgan fingerprint density at radius 1 is 1.29 bits per heavy atom. The lowest BCUT2D eigenvalue weighted by atomic mass is 9.84. The van der Waals surface area contributed by atoms with E-state index in [1.165, 1.54) is 14.0 Å². The van der Waals surface area contributed by atoms with Crippen molar-refractivity contribution in [3.05, 3.63) is 49.2 Å². The summed E-state index contributed by atoms with van der Waals surface area (Å²) in [7, 11) is 1.97. The van der Waals surface area contributed by atoms with Crippen molar-refractivity contribution in [2.24, 2.45) is 0 Å². The van der Waals surface area contributed by atoms with Crippen LogP contribution in [-0.2, 0) is 10.2 Å². The second kappa shape index (κ2) is 5.37. The van der Waals surface area contributed by atoms with Crippen LogP contribution in [0.3, 0.4) is 0 Å². The normalized spacial score (nSPS) is 17.4. The second-order valence-corrected chi connectivity index (χ2v) is 8.60. The lowest BCUT2D eigenvalue weighted by Crippen LogP contribution is -2.27. The SMILES string of the molecule is CNC(c1csc(I)c1)c1ccc2c(c1)C(C)(C)C(=O)N2. The number of anilines is 1. The maximum Gasteiger partial charge on any atom is 0.234 e. The lowest BCUT2D eigenvalue weighted by Gasteiger charge is -2.20. The summed E-state index contributed by atoms with van der Waals surface area (Å²) >= 11 is 4.09. The van der Waals surface area contributed by atoms with E-state index in [-0.39, 0.29) is 11.9 Å². The molecule has 1 aliphatic rings. The molecule has 1 aromatic heterocycles. The lowest BCUT2D eigenvalue weighted by molar-refractivity contribution is -0.119. The van der Waals surface area contributed by atoms with E-state index in [1.807, 2.05) is 27.0 Å². The van der Waals surface area contributed by atoms with E-state index in [0.717, 1.165) is 11.3 Å². The molecule has 0 aliphatic carbocycles. The molecule has 0 fully saturated rings. The number of hydrogen-bond donors (Lipinski definition) is 2. The van der Waals surface area contributed by atoms with Gasteiger partial charge in [-0.25, -0.2) is 0 Å². The van der Waals surface area contributed by atoms with Crippen LogP contribution in [0.15, 0.2) is 29.6 Å². The average molecular weight is 412 g/mol. The fraction of sp³-hybridized carbons (Fsp3) is 0.312. The summed E-state index contributed by atoms with van der Waals surface area (Å²) in [6.45, 7) is 3.94. The van der Waals surface area contributed by atoms with Crippen LogP contribution in [0.4, 0.5) is 5.69 Å². The van der Waals surface area contributed by atoms with Gasteiger partial charge in [-0.2, -0.15) is 0 Å². The van der Waals surface area contributed by atoms with Gasteiger partial charge in [0, 0.05) is 5.69 Å². The third-order valence-electron chi connectivity index (χ3n) is 4.08. The number of carbonyl (C=O) groups excluding carboxylic acids is 1. The predicted molar refractivity (Wildman–Crippen MR) is 96.0 cm³/mol. The van der Waals surface area contributed by atoms with Gasteiger partial charge in [-0.05, 0) is 77.7 Å².